The van der Waals surface area contributed by atoms with Gasteiger partial charge in [0.15, 0.2) is 0 Å². The normalized spacial score (nSPS) is 11.1. The van der Waals surface area contributed by atoms with Crippen molar-refractivity contribution in [1.29, 1.82) is 0 Å². The van der Waals surface area contributed by atoms with E-state index in [1.165, 1.54) is 4.68 Å². The van der Waals surface area contributed by atoms with Crippen LogP contribution in [0.25, 0.3) is 11.1 Å². The summed E-state index contributed by atoms with van der Waals surface area (Å²) in [7, 11) is 0. The Morgan fingerprint density at radius 1 is 1.41 bits per heavy atom. The first-order chi connectivity index (χ1) is 8.13. The van der Waals surface area contributed by atoms with Crippen LogP contribution in [-0.2, 0) is 6.54 Å². The van der Waals surface area contributed by atoms with E-state index >= 15 is 0 Å². The number of nitrogens with two attached hydrogens (primary N) is 1. The minimum Gasteiger partial charge on any atom is -0.326 e. The smallest absolute Gasteiger partial charge is 0.219 e. The van der Waals surface area contributed by atoms with Crippen LogP contribution in [0.15, 0.2) is 30.5 Å². The molecular formula is C13H16FN3. The van der Waals surface area contributed by atoms with Crippen molar-refractivity contribution in [2.45, 2.75) is 26.4 Å². The van der Waals surface area contributed by atoms with Gasteiger partial charge in [0, 0.05) is 12.6 Å². The Bertz CT molecular complexity index is 517. The first kappa shape index (κ1) is 11.8. The lowest BCUT2D eigenvalue weighted by atomic mass is 10.1. The molecule has 17 heavy (non-hydrogen) atoms. The topological polar surface area (TPSA) is 43.8 Å². The Morgan fingerprint density at radius 2 is 2.18 bits per heavy atom. The van der Waals surface area contributed by atoms with E-state index in [4.69, 9.17) is 5.73 Å². The summed E-state index contributed by atoms with van der Waals surface area (Å²) in [6, 6.07) is 7.58. The second kappa shape index (κ2) is 4.67. The fourth-order valence-corrected chi connectivity index (χ4v) is 1.77. The molecule has 2 N–H and O–H groups in total. The molecule has 2 rings (SSSR count). The van der Waals surface area contributed by atoms with Crippen LogP contribution in [0.1, 0.15) is 25.5 Å². The third kappa shape index (κ3) is 2.22. The number of aromatic nitrogens is 2. The number of rotatable bonds is 3. The van der Waals surface area contributed by atoms with Gasteiger partial charge in [-0.25, -0.2) is 4.68 Å². The van der Waals surface area contributed by atoms with E-state index in [2.05, 4.69) is 5.10 Å². The zero-order valence-electron chi connectivity index (χ0n) is 10.0. The maximum Gasteiger partial charge on any atom is 0.219 e. The average molecular weight is 233 g/mol. The molecule has 1 heterocycles. The van der Waals surface area contributed by atoms with Crippen LogP contribution in [0.2, 0.25) is 0 Å². The second-order valence-corrected chi connectivity index (χ2v) is 4.29. The van der Waals surface area contributed by atoms with Gasteiger partial charge in [-0.15, -0.1) is 0 Å². The lowest BCUT2D eigenvalue weighted by molar-refractivity contribution is 0.417. The molecule has 4 heteroatoms. The molecule has 90 valence electrons. The molecule has 1 aromatic heterocycles. The van der Waals surface area contributed by atoms with Gasteiger partial charge in [0.25, 0.3) is 0 Å². The summed E-state index contributed by atoms with van der Waals surface area (Å²) < 4.78 is 15.5. The van der Waals surface area contributed by atoms with Crippen molar-refractivity contribution in [2.75, 3.05) is 0 Å². The molecule has 1 aromatic carbocycles. The molecule has 0 saturated carbocycles. The summed E-state index contributed by atoms with van der Waals surface area (Å²) in [6.07, 6.45) is 1.56. The number of hydrogen-bond acceptors (Lipinski definition) is 2. The number of hydrogen-bond donors (Lipinski definition) is 1. The van der Waals surface area contributed by atoms with Crippen LogP contribution >= 0.6 is 0 Å². The SMILES string of the molecule is CC(C)n1ncc(-c2cccc(CN)c2)c1F. The van der Waals surface area contributed by atoms with Gasteiger partial charge in [-0.3, -0.25) is 0 Å². The highest BCUT2D eigenvalue weighted by Crippen LogP contribution is 2.24. The minimum absolute atomic E-state index is 0.0152. The second-order valence-electron chi connectivity index (χ2n) is 4.29. The highest BCUT2D eigenvalue weighted by molar-refractivity contribution is 5.63. The number of nitrogens with zero attached hydrogens (tertiary/aromatic N) is 2. The fraction of sp³-hybridized carbons (Fsp3) is 0.308. The van der Waals surface area contributed by atoms with Gasteiger partial charge in [0.05, 0.1) is 11.8 Å². The van der Waals surface area contributed by atoms with Gasteiger partial charge in [-0.05, 0) is 31.0 Å². The van der Waals surface area contributed by atoms with Crippen LogP contribution in [0.5, 0.6) is 0 Å². The highest BCUT2D eigenvalue weighted by atomic mass is 19.1. The molecule has 0 aliphatic rings. The van der Waals surface area contributed by atoms with Crippen molar-refractivity contribution in [3.05, 3.63) is 42.0 Å². The van der Waals surface area contributed by atoms with Crippen LogP contribution in [0.3, 0.4) is 0 Å². The molecule has 0 bridgehead atoms. The maximum absolute atomic E-state index is 14.1. The van der Waals surface area contributed by atoms with Crippen LogP contribution in [-0.4, -0.2) is 9.78 Å². The molecule has 0 unspecified atom stereocenters. The Kier molecular flexibility index (Phi) is 3.24. The van der Waals surface area contributed by atoms with E-state index < -0.39 is 0 Å². The van der Waals surface area contributed by atoms with E-state index in [1.54, 1.807) is 6.20 Å². The summed E-state index contributed by atoms with van der Waals surface area (Å²) >= 11 is 0. The molecule has 0 aliphatic carbocycles. The van der Waals surface area contributed by atoms with Gasteiger partial charge in [-0.2, -0.15) is 9.49 Å². The molecule has 0 atom stereocenters. The predicted molar refractivity (Wildman–Crippen MR) is 65.9 cm³/mol. The summed E-state index contributed by atoms with van der Waals surface area (Å²) in [5, 5.41) is 4.06. The van der Waals surface area contributed by atoms with Crippen LogP contribution in [0, 0.1) is 5.95 Å². The van der Waals surface area contributed by atoms with Crippen LogP contribution in [0.4, 0.5) is 4.39 Å². The zero-order chi connectivity index (χ0) is 12.4. The third-order valence-corrected chi connectivity index (χ3v) is 2.70. The first-order valence-corrected chi connectivity index (χ1v) is 5.66. The van der Waals surface area contributed by atoms with Gasteiger partial charge in [0.1, 0.15) is 0 Å². The van der Waals surface area contributed by atoms with Gasteiger partial charge >= 0.3 is 0 Å². The Hall–Kier alpha value is -1.68. The van der Waals surface area contributed by atoms with E-state index in [9.17, 15) is 4.39 Å². The Labute approximate surface area is 100 Å². The lowest BCUT2D eigenvalue weighted by Crippen LogP contribution is -2.05. The van der Waals surface area contributed by atoms with Gasteiger partial charge in [0.2, 0.25) is 5.95 Å². The Balaban J connectivity index is 2.46. The van der Waals surface area contributed by atoms with E-state index in [0.717, 1.165) is 11.1 Å². The van der Waals surface area contributed by atoms with E-state index in [0.29, 0.717) is 12.1 Å². The maximum atomic E-state index is 14.1. The standard InChI is InChI=1S/C13H16FN3/c1-9(2)17-13(14)12(8-16-17)11-5-3-4-10(6-11)7-15/h3-6,8-9H,7,15H2,1-2H3. The van der Waals surface area contributed by atoms with E-state index in [-0.39, 0.29) is 12.0 Å². The lowest BCUT2D eigenvalue weighted by Gasteiger charge is -2.06. The molecule has 3 nitrogen and oxygen atoms in total. The summed E-state index contributed by atoms with van der Waals surface area (Å²) in [5.41, 5.74) is 7.90. The number of benzene rings is 1. The first-order valence-electron chi connectivity index (χ1n) is 5.66. The molecule has 0 fully saturated rings. The summed E-state index contributed by atoms with van der Waals surface area (Å²) in [4.78, 5) is 0. The summed E-state index contributed by atoms with van der Waals surface area (Å²) in [6.45, 7) is 4.25. The Morgan fingerprint density at radius 3 is 2.76 bits per heavy atom. The monoisotopic (exact) mass is 233 g/mol. The molecule has 0 spiro atoms. The highest BCUT2D eigenvalue weighted by Gasteiger charge is 2.14. The molecule has 2 aromatic rings. The van der Waals surface area contributed by atoms with Crippen molar-refractivity contribution in [1.82, 2.24) is 9.78 Å². The predicted octanol–water partition coefficient (Wildman–Crippen LogP) is 2.73. The van der Waals surface area contributed by atoms with Gasteiger partial charge < -0.3 is 5.73 Å². The van der Waals surface area contributed by atoms with Crippen molar-refractivity contribution in [3.63, 3.8) is 0 Å². The molecule has 0 amide bonds. The van der Waals surface area contributed by atoms with Crippen molar-refractivity contribution >= 4 is 0 Å². The van der Waals surface area contributed by atoms with E-state index in [1.807, 2.05) is 38.1 Å². The van der Waals surface area contributed by atoms with Crippen LogP contribution < -0.4 is 5.73 Å². The zero-order valence-corrected chi connectivity index (χ0v) is 10.0. The summed E-state index contributed by atoms with van der Waals surface area (Å²) in [5.74, 6) is -0.297. The van der Waals surface area contributed by atoms with Crippen molar-refractivity contribution in [2.24, 2.45) is 5.73 Å². The molecular weight excluding hydrogens is 217 g/mol. The van der Waals surface area contributed by atoms with Crippen molar-refractivity contribution < 1.29 is 4.39 Å². The number of halogens is 1. The molecule has 0 radical (unpaired) electrons. The average Bonchev–Trinajstić information content (AvgIpc) is 2.71. The largest absolute Gasteiger partial charge is 0.326 e. The minimum atomic E-state index is -0.297. The van der Waals surface area contributed by atoms with Gasteiger partial charge in [-0.1, -0.05) is 18.2 Å². The fourth-order valence-electron chi connectivity index (χ4n) is 1.77. The molecule has 0 saturated heterocycles. The third-order valence-electron chi connectivity index (χ3n) is 2.70. The quantitative estimate of drug-likeness (QED) is 0.885. The molecule has 0 aliphatic heterocycles. The van der Waals surface area contributed by atoms with Crippen molar-refractivity contribution in [3.8, 4) is 11.1 Å².